The molecule has 7 heteroatoms. The van der Waals surface area contributed by atoms with Gasteiger partial charge in [-0.3, -0.25) is 0 Å². The third-order valence-electron chi connectivity index (χ3n) is 2.98. The zero-order valence-electron chi connectivity index (χ0n) is 11.5. The van der Waals surface area contributed by atoms with E-state index in [9.17, 15) is 8.42 Å². The van der Waals surface area contributed by atoms with Crippen LogP contribution < -0.4 is 5.73 Å². The summed E-state index contributed by atoms with van der Waals surface area (Å²) in [4.78, 5) is 0.976. The van der Waals surface area contributed by atoms with Crippen molar-refractivity contribution in [3.8, 4) is 0 Å². The van der Waals surface area contributed by atoms with Crippen LogP contribution in [-0.4, -0.2) is 37.2 Å². The van der Waals surface area contributed by atoms with Gasteiger partial charge >= 0.3 is 0 Å². The van der Waals surface area contributed by atoms with Gasteiger partial charge in [0.2, 0.25) is 0 Å². The van der Waals surface area contributed by atoms with Crippen molar-refractivity contribution in [1.82, 2.24) is 0 Å². The Kier molecular flexibility index (Phi) is 4.74. The number of nitrogens with two attached hydrogens (primary N) is 1. The first-order chi connectivity index (χ1) is 9.92. The number of thioether (sulfide) groups is 1. The van der Waals surface area contributed by atoms with Crippen molar-refractivity contribution in [3.05, 3.63) is 42.0 Å². The van der Waals surface area contributed by atoms with E-state index in [1.54, 1.807) is 6.07 Å². The predicted molar refractivity (Wildman–Crippen MR) is 86.9 cm³/mol. The monoisotopic (exact) mass is 324 g/mol. The minimum Gasteiger partial charge on any atom is -0.409 e. The first-order valence-electron chi connectivity index (χ1n) is 6.22. The molecule has 2 aromatic rings. The van der Waals surface area contributed by atoms with Crippen molar-refractivity contribution in [2.45, 2.75) is 4.90 Å². The van der Waals surface area contributed by atoms with Crippen molar-refractivity contribution in [2.24, 2.45) is 10.9 Å². The number of amidine groups is 1. The molecule has 0 aromatic heterocycles. The second kappa shape index (κ2) is 6.36. The third kappa shape index (κ3) is 3.89. The number of nitrogens with zero attached hydrogens (tertiary/aromatic N) is 1. The summed E-state index contributed by atoms with van der Waals surface area (Å²) in [6.45, 7) is 0. The van der Waals surface area contributed by atoms with E-state index >= 15 is 0 Å². The van der Waals surface area contributed by atoms with Crippen LogP contribution in [0.5, 0.6) is 0 Å². The third-order valence-corrected chi connectivity index (χ3v) is 5.26. The lowest BCUT2D eigenvalue weighted by atomic mass is 10.0. The molecular formula is C14H16N2O3S2. The molecule has 5 nitrogen and oxygen atoms in total. The van der Waals surface area contributed by atoms with Crippen LogP contribution in [0.1, 0.15) is 5.56 Å². The highest BCUT2D eigenvalue weighted by molar-refractivity contribution is 8.00. The van der Waals surface area contributed by atoms with Gasteiger partial charge in [-0.05, 0) is 22.9 Å². The summed E-state index contributed by atoms with van der Waals surface area (Å²) in [6.07, 6.45) is 1.23. The van der Waals surface area contributed by atoms with Crippen LogP contribution in [0.15, 0.2) is 46.4 Å². The first kappa shape index (κ1) is 15.7. The van der Waals surface area contributed by atoms with E-state index in [1.807, 2.05) is 30.3 Å². The standard InChI is InChI=1S/C14H16N2O3S2/c1-21(18,19)9-8-20-13-7-6-12(14(15)16-17)10-4-2-3-5-11(10)13/h2-7,17H,8-9H2,1H3,(H2,15,16). The largest absolute Gasteiger partial charge is 0.409 e. The van der Waals surface area contributed by atoms with E-state index < -0.39 is 9.84 Å². The fourth-order valence-corrected chi connectivity index (χ4v) is 4.24. The van der Waals surface area contributed by atoms with Gasteiger partial charge in [0.15, 0.2) is 5.84 Å². The van der Waals surface area contributed by atoms with Crippen LogP contribution >= 0.6 is 11.8 Å². The Morgan fingerprint density at radius 1 is 1.24 bits per heavy atom. The SMILES string of the molecule is CS(=O)(=O)CCSc1ccc(/C(N)=N/O)c2ccccc12. The topological polar surface area (TPSA) is 92.8 Å². The number of benzene rings is 2. The summed E-state index contributed by atoms with van der Waals surface area (Å²) in [5.74, 6) is 0.679. The van der Waals surface area contributed by atoms with Gasteiger partial charge in [-0.15, -0.1) is 11.8 Å². The number of sulfone groups is 1. The highest BCUT2D eigenvalue weighted by atomic mass is 32.2. The Morgan fingerprint density at radius 2 is 1.90 bits per heavy atom. The van der Waals surface area contributed by atoms with Crippen LogP contribution in [-0.2, 0) is 9.84 Å². The minimum atomic E-state index is -2.97. The molecule has 0 saturated heterocycles. The molecule has 0 saturated carbocycles. The molecule has 0 fully saturated rings. The molecular weight excluding hydrogens is 308 g/mol. The highest BCUT2D eigenvalue weighted by Crippen LogP contribution is 2.30. The molecule has 2 aromatic carbocycles. The first-order valence-corrected chi connectivity index (χ1v) is 9.27. The van der Waals surface area contributed by atoms with Gasteiger partial charge in [0.1, 0.15) is 9.84 Å². The Bertz CT molecular complexity index is 786. The molecule has 2 rings (SSSR count). The van der Waals surface area contributed by atoms with E-state index in [0.29, 0.717) is 11.3 Å². The molecule has 0 bridgehead atoms. The van der Waals surface area contributed by atoms with Crippen LogP contribution in [0.4, 0.5) is 0 Å². The van der Waals surface area contributed by atoms with E-state index in [1.165, 1.54) is 18.0 Å². The maximum absolute atomic E-state index is 11.2. The number of hydrogen-bond donors (Lipinski definition) is 2. The predicted octanol–water partition coefficient (Wildman–Crippen LogP) is 2.07. The minimum absolute atomic E-state index is 0.0545. The average Bonchev–Trinajstić information content (AvgIpc) is 2.45. The van der Waals surface area contributed by atoms with Gasteiger partial charge in [-0.2, -0.15) is 0 Å². The summed E-state index contributed by atoms with van der Waals surface area (Å²) in [5, 5.41) is 13.7. The Balaban J connectivity index is 2.39. The summed E-state index contributed by atoms with van der Waals surface area (Å²) >= 11 is 1.48. The number of fused-ring (bicyclic) bond motifs is 1. The van der Waals surface area contributed by atoms with Crippen molar-refractivity contribution < 1.29 is 13.6 Å². The molecule has 0 aliphatic carbocycles. The van der Waals surface area contributed by atoms with Crippen LogP contribution in [0, 0.1) is 0 Å². The molecule has 0 unspecified atom stereocenters. The zero-order chi connectivity index (χ0) is 15.5. The van der Waals surface area contributed by atoms with Crippen molar-refractivity contribution in [1.29, 1.82) is 0 Å². The fraction of sp³-hybridized carbons (Fsp3) is 0.214. The Hall–Kier alpha value is -1.73. The van der Waals surface area contributed by atoms with Gasteiger partial charge in [0.05, 0.1) is 5.75 Å². The van der Waals surface area contributed by atoms with E-state index in [2.05, 4.69) is 5.16 Å². The smallest absolute Gasteiger partial charge is 0.170 e. The lowest BCUT2D eigenvalue weighted by Crippen LogP contribution is -2.13. The molecule has 0 amide bonds. The van der Waals surface area contributed by atoms with Gasteiger partial charge < -0.3 is 10.9 Å². The van der Waals surface area contributed by atoms with Crippen molar-refractivity contribution in [2.75, 3.05) is 17.8 Å². The van der Waals surface area contributed by atoms with E-state index in [0.717, 1.165) is 15.7 Å². The van der Waals surface area contributed by atoms with E-state index in [-0.39, 0.29) is 11.6 Å². The molecule has 0 radical (unpaired) electrons. The Morgan fingerprint density at radius 3 is 2.52 bits per heavy atom. The van der Waals surface area contributed by atoms with E-state index in [4.69, 9.17) is 10.9 Å². The average molecular weight is 324 g/mol. The molecule has 0 heterocycles. The zero-order valence-corrected chi connectivity index (χ0v) is 13.1. The molecule has 0 aliphatic heterocycles. The highest BCUT2D eigenvalue weighted by Gasteiger charge is 2.10. The Labute approximate surface area is 127 Å². The maximum atomic E-state index is 11.2. The number of hydrogen-bond acceptors (Lipinski definition) is 5. The van der Waals surface area contributed by atoms with Gasteiger partial charge in [0, 0.05) is 22.5 Å². The number of rotatable bonds is 5. The summed E-state index contributed by atoms with van der Waals surface area (Å²) in [6, 6.07) is 11.2. The molecule has 0 atom stereocenters. The fourth-order valence-electron chi connectivity index (χ4n) is 1.98. The summed E-state index contributed by atoms with van der Waals surface area (Å²) < 4.78 is 22.4. The lowest BCUT2D eigenvalue weighted by molar-refractivity contribution is 0.318. The van der Waals surface area contributed by atoms with Crippen molar-refractivity contribution in [3.63, 3.8) is 0 Å². The van der Waals surface area contributed by atoms with Gasteiger partial charge in [-0.1, -0.05) is 29.4 Å². The normalized spacial score (nSPS) is 12.7. The quantitative estimate of drug-likeness (QED) is 0.289. The van der Waals surface area contributed by atoms with Crippen molar-refractivity contribution >= 4 is 38.2 Å². The molecule has 112 valence electrons. The van der Waals surface area contributed by atoms with Crippen LogP contribution in [0.25, 0.3) is 10.8 Å². The molecule has 0 spiro atoms. The second-order valence-corrected chi connectivity index (χ2v) is 8.02. The van der Waals surface area contributed by atoms with Gasteiger partial charge in [-0.25, -0.2) is 8.42 Å². The maximum Gasteiger partial charge on any atom is 0.170 e. The van der Waals surface area contributed by atoms with Crippen LogP contribution in [0.3, 0.4) is 0 Å². The van der Waals surface area contributed by atoms with Crippen LogP contribution in [0.2, 0.25) is 0 Å². The molecule has 3 N–H and O–H groups in total. The summed E-state index contributed by atoms with van der Waals surface area (Å²) in [5.41, 5.74) is 6.33. The number of oxime groups is 1. The molecule has 0 aliphatic rings. The summed E-state index contributed by atoms with van der Waals surface area (Å²) in [7, 11) is -2.97. The molecule has 21 heavy (non-hydrogen) atoms. The lowest BCUT2D eigenvalue weighted by Gasteiger charge is -2.10. The second-order valence-electron chi connectivity index (χ2n) is 4.62. The van der Waals surface area contributed by atoms with Gasteiger partial charge in [0.25, 0.3) is 0 Å².